The number of benzene rings is 1. The number of nitrogens with two attached hydrogens (primary N) is 1. The van der Waals surface area contributed by atoms with Crippen molar-refractivity contribution in [2.75, 3.05) is 5.32 Å². The zero-order valence-corrected chi connectivity index (χ0v) is 8.93. The normalized spacial score (nSPS) is 15.7. The van der Waals surface area contributed by atoms with E-state index in [4.69, 9.17) is 11.1 Å². The summed E-state index contributed by atoms with van der Waals surface area (Å²) in [5.41, 5.74) is 4.41. The summed E-state index contributed by atoms with van der Waals surface area (Å²) in [4.78, 5) is 0. The van der Waals surface area contributed by atoms with Crippen molar-refractivity contribution in [3.63, 3.8) is 0 Å². The topological polar surface area (TPSA) is 61.9 Å². The van der Waals surface area contributed by atoms with E-state index in [-0.39, 0.29) is 11.6 Å². The van der Waals surface area contributed by atoms with Crippen molar-refractivity contribution in [2.24, 2.45) is 5.73 Å². The second-order valence-electron chi connectivity index (χ2n) is 4.09. The van der Waals surface area contributed by atoms with Gasteiger partial charge in [0.25, 0.3) is 0 Å². The molecule has 4 N–H and O–H groups in total. The molecule has 2 rings (SSSR count). The van der Waals surface area contributed by atoms with Crippen LogP contribution >= 0.6 is 0 Å². The molecule has 0 saturated heterocycles. The molecule has 0 aliphatic heterocycles. The zero-order valence-electron chi connectivity index (χ0n) is 8.93. The van der Waals surface area contributed by atoms with Gasteiger partial charge in [-0.3, -0.25) is 5.41 Å². The number of amidine groups is 1. The SMILES string of the molecule is N=C(N)c1ccc(NC2CC2)cc1C(F)(F)F. The van der Waals surface area contributed by atoms with Crippen molar-refractivity contribution in [2.45, 2.75) is 25.1 Å². The Hall–Kier alpha value is -1.72. The van der Waals surface area contributed by atoms with E-state index in [0.717, 1.165) is 18.9 Å². The molecule has 1 fully saturated rings. The van der Waals surface area contributed by atoms with Crippen LogP contribution in [0.3, 0.4) is 0 Å². The van der Waals surface area contributed by atoms with E-state index in [1.54, 1.807) is 0 Å². The summed E-state index contributed by atoms with van der Waals surface area (Å²) in [7, 11) is 0. The van der Waals surface area contributed by atoms with Gasteiger partial charge >= 0.3 is 6.18 Å². The summed E-state index contributed by atoms with van der Waals surface area (Å²) in [6, 6.07) is 4.04. The smallest absolute Gasteiger partial charge is 0.384 e. The van der Waals surface area contributed by atoms with Crippen LogP contribution in [0.4, 0.5) is 18.9 Å². The number of rotatable bonds is 3. The Kier molecular flexibility index (Phi) is 2.73. The van der Waals surface area contributed by atoms with Crippen LogP contribution in [0.5, 0.6) is 0 Å². The molecule has 0 radical (unpaired) electrons. The third-order valence-corrected chi connectivity index (χ3v) is 2.56. The molecule has 1 aliphatic rings. The maximum absolute atomic E-state index is 12.8. The molecule has 0 unspecified atom stereocenters. The Balaban J connectivity index is 2.38. The monoisotopic (exact) mass is 243 g/mol. The summed E-state index contributed by atoms with van der Waals surface area (Å²) in [5.74, 6) is -0.574. The fourth-order valence-corrected chi connectivity index (χ4v) is 1.57. The third kappa shape index (κ3) is 2.69. The van der Waals surface area contributed by atoms with E-state index >= 15 is 0 Å². The highest BCUT2D eigenvalue weighted by Crippen LogP contribution is 2.34. The molecule has 17 heavy (non-hydrogen) atoms. The largest absolute Gasteiger partial charge is 0.417 e. The van der Waals surface area contributed by atoms with Crippen LogP contribution in [0.15, 0.2) is 18.2 Å². The molecule has 1 aromatic carbocycles. The van der Waals surface area contributed by atoms with Gasteiger partial charge in [0, 0.05) is 17.3 Å². The van der Waals surface area contributed by atoms with Crippen molar-refractivity contribution in [1.82, 2.24) is 0 Å². The number of hydrogen-bond donors (Lipinski definition) is 3. The van der Waals surface area contributed by atoms with Gasteiger partial charge < -0.3 is 11.1 Å². The first-order valence-electron chi connectivity index (χ1n) is 5.20. The Labute approximate surface area is 96.3 Å². The van der Waals surface area contributed by atoms with E-state index < -0.39 is 17.6 Å². The molecule has 1 aromatic rings. The highest BCUT2D eigenvalue weighted by atomic mass is 19.4. The van der Waals surface area contributed by atoms with Gasteiger partial charge in [-0.1, -0.05) is 0 Å². The number of nitrogens with one attached hydrogen (secondary N) is 2. The number of halogens is 3. The average molecular weight is 243 g/mol. The molecular formula is C11H12F3N3. The molecule has 3 nitrogen and oxygen atoms in total. The lowest BCUT2D eigenvalue weighted by Gasteiger charge is -2.14. The number of nitrogen functional groups attached to an aromatic ring is 1. The minimum Gasteiger partial charge on any atom is -0.384 e. The average Bonchev–Trinajstić information content (AvgIpc) is 3.00. The Morgan fingerprint density at radius 1 is 1.35 bits per heavy atom. The number of anilines is 1. The van der Waals surface area contributed by atoms with Gasteiger partial charge in [-0.2, -0.15) is 13.2 Å². The van der Waals surface area contributed by atoms with E-state index in [1.165, 1.54) is 12.1 Å². The second kappa shape index (κ2) is 3.94. The Morgan fingerprint density at radius 3 is 2.47 bits per heavy atom. The van der Waals surface area contributed by atoms with Crippen LogP contribution < -0.4 is 11.1 Å². The quantitative estimate of drug-likeness (QED) is 0.564. The van der Waals surface area contributed by atoms with E-state index in [1.807, 2.05) is 0 Å². The number of hydrogen-bond acceptors (Lipinski definition) is 2. The van der Waals surface area contributed by atoms with Crippen LogP contribution in [-0.4, -0.2) is 11.9 Å². The lowest BCUT2D eigenvalue weighted by Crippen LogP contribution is -2.19. The highest BCUT2D eigenvalue weighted by Gasteiger charge is 2.34. The van der Waals surface area contributed by atoms with Crippen LogP contribution in [0, 0.1) is 5.41 Å². The fourth-order valence-electron chi connectivity index (χ4n) is 1.57. The van der Waals surface area contributed by atoms with Gasteiger partial charge in [-0.15, -0.1) is 0 Å². The molecule has 6 heteroatoms. The molecule has 0 heterocycles. The molecular weight excluding hydrogens is 231 g/mol. The van der Waals surface area contributed by atoms with Gasteiger partial charge in [0.15, 0.2) is 0 Å². The standard InChI is InChI=1S/C11H12F3N3/c12-11(13,14)9-5-7(17-6-1-2-6)3-4-8(9)10(15)16/h3-6,17H,1-2H2,(H3,15,16). The van der Waals surface area contributed by atoms with Crippen LogP contribution in [0.1, 0.15) is 24.0 Å². The van der Waals surface area contributed by atoms with Crippen molar-refractivity contribution < 1.29 is 13.2 Å². The molecule has 0 bridgehead atoms. The van der Waals surface area contributed by atoms with Crippen LogP contribution in [0.2, 0.25) is 0 Å². The highest BCUT2D eigenvalue weighted by molar-refractivity contribution is 5.97. The number of alkyl halides is 3. The summed E-state index contributed by atoms with van der Waals surface area (Å²) in [6.45, 7) is 0. The van der Waals surface area contributed by atoms with Crippen LogP contribution in [-0.2, 0) is 6.18 Å². The lowest BCUT2D eigenvalue weighted by atomic mass is 10.1. The molecule has 0 atom stereocenters. The van der Waals surface area contributed by atoms with Gasteiger partial charge in [0.05, 0.1) is 5.56 Å². The van der Waals surface area contributed by atoms with Crippen molar-refractivity contribution in [3.8, 4) is 0 Å². The van der Waals surface area contributed by atoms with Gasteiger partial charge in [-0.05, 0) is 31.0 Å². The second-order valence-corrected chi connectivity index (χ2v) is 4.09. The Bertz CT molecular complexity index is 450. The van der Waals surface area contributed by atoms with E-state index in [2.05, 4.69) is 5.32 Å². The molecule has 1 saturated carbocycles. The van der Waals surface area contributed by atoms with Gasteiger partial charge in [-0.25, -0.2) is 0 Å². The van der Waals surface area contributed by atoms with Gasteiger partial charge in [0.1, 0.15) is 5.84 Å². The van der Waals surface area contributed by atoms with Crippen molar-refractivity contribution in [1.29, 1.82) is 5.41 Å². The summed E-state index contributed by atoms with van der Waals surface area (Å²) in [5, 5.41) is 10.1. The summed E-state index contributed by atoms with van der Waals surface area (Å²) < 4.78 is 38.3. The minimum absolute atomic E-state index is 0.277. The van der Waals surface area contributed by atoms with Crippen molar-refractivity contribution in [3.05, 3.63) is 29.3 Å². The molecule has 0 amide bonds. The predicted octanol–water partition coefficient (Wildman–Crippen LogP) is 2.56. The fraction of sp³-hybridized carbons (Fsp3) is 0.364. The molecule has 0 aromatic heterocycles. The maximum atomic E-state index is 12.8. The van der Waals surface area contributed by atoms with E-state index in [0.29, 0.717) is 5.69 Å². The first-order valence-corrected chi connectivity index (χ1v) is 5.20. The predicted molar refractivity (Wildman–Crippen MR) is 59.1 cm³/mol. The minimum atomic E-state index is -4.50. The first-order chi connectivity index (χ1) is 7.88. The van der Waals surface area contributed by atoms with E-state index in [9.17, 15) is 13.2 Å². The van der Waals surface area contributed by atoms with Crippen molar-refractivity contribution >= 4 is 11.5 Å². The third-order valence-electron chi connectivity index (χ3n) is 2.56. The zero-order chi connectivity index (χ0) is 12.6. The lowest BCUT2D eigenvalue weighted by molar-refractivity contribution is -0.137. The molecule has 1 aliphatic carbocycles. The molecule has 0 spiro atoms. The van der Waals surface area contributed by atoms with Crippen LogP contribution in [0.25, 0.3) is 0 Å². The first kappa shape index (κ1) is 11.8. The summed E-state index contributed by atoms with van der Waals surface area (Å²) in [6.07, 6.45) is -2.53. The maximum Gasteiger partial charge on any atom is 0.417 e. The molecule has 92 valence electrons. The summed E-state index contributed by atoms with van der Waals surface area (Å²) >= 11 is 0. The van der Waals surface area contributed by atoms with Gasteiger partial charge in [0.2, 0.25) is 0 Å². The Morgan fingerprint density at radius 2 is 2.00 bits per heavy atom.